The number of hydrogen-bond acceptors (Lipinski definition) is 3. The number of allylic oxidation sites excluding steroid dienone is 1. The van der Waals surface area contributed by atoms with E-state index >= 15 is 0 Å². The van der Waals surface area contributed by atoms with Gasteiger partial charge in [-0.3, -0.25) is 4.79 Å². The van der Waals surface area contributed by atoms with Crippen molar-refractivity contribution in [3.05, 3.63) is 77.5 Å². The molecule has 0 aliphatic rings. The van der Waals surface area contributed by atoms with E-state index in [1.165, 1.54) is 6.20 Å². The van der Waals surface area contributed by atoms with Crippen LogP contribution in [0.25, 0.3) is 0 Å². The van der Waals surface area contributed by atoms with E-state index < -0.39 is 0 Å². The van der Waals surface area contributed by atoms with Crippen LogP contribution in [0.2, 0.25) is 0 Å². The zero-order chi connectivity index (χ0) is 14.4. The van der Waals surface area contributed by atoms with E-state index in [4.69, 9.17) is 5.26 Å². The molecular formula is C17H14N2O. The van der Waals surface area contributed by atoms with Crippen molar-refractivity contribution in [2.45, 2.75) is 6.92 Å². The van der Waals surface area contributed by atoms with Gasteiger partial charge in [-0.25, -0.2) is 0 Å². The molecule has 2 aromatic carbocycles. The van der Waals surface area contributed by atoms with Crippen molar-refractivity contribution in [2.75, 3.05) is 5.32 Å². The number of anilines is 1. The summed E-state index contributed by atoms with van der Waals surface area (Å²) in [4.78, 5) is 12.1. The number of ketones is 1. The van der Waals surface area contributed by atoms with Gasteiger partial charge in [-0.2, -0.15) is 5.26 Å². The first kappa shape index (κ1) is 13.6. The van der Waals surface area contributed by atoms with Crippen molar-refractivity contribution in [1.29, 1.82) is 5.26 Å². The third-order valence-electron chi connectivity index (χ3n) is 2.84. The summed E-state index contributed by atoms with van der Waals surface area (Å²) in [7, 11) is 0. The van der Waals surface area contributed by atoms with Gasteiger partial charge in [-0.1, -0.05) is 48.0 Å². The number of nitrogens with zero attached hydrogens (tertiary/aromatic N) is 1. The highest BCUT2D eigenvalue weighted by molar-refractivity contribution is 6.11. The summed E-state index contributed by atoms with van der Waals surface area (Å²) in [5, 5.41) is 12.1. The summed E-state index contributed by atoms with van der Waals surface area (Å²) in [6.07, 6.45) is 1.44. The molecule has 2 aromatic rings. The molecule has 0 atom stereocenters. The van der Waals surface area contributed by atoms with Gasteiger partial charge in [0, 0.05) is 17.5 Å². The molecule has 3 heteroatoms. The maximum atomic E-state index is 12.1. The second-order valence-corrected chi connectivity index (χ2v) is 4.38. The molecule has 0 amide bonds. The lowest BCUT2D eigenvalue weighted by atomic mass is 10.1. The molecule has 0 radical (unpaired) electrons. The largest absolute Gasteiger partial charge is 0.360 e. The Hall–Kier alpha value is -2.86. The highest BCUT2D eigenvalue weighted by Crippen LogP contribution is 2.11. The van der Waals surface area contributed by atoms with E-state index in [9.17, 15) is 4.79 Å². The molecule has 0 spiro atoms. The lowest BCUT2D eigenvalue weighted by molar-refractivity contribution is 0.103. The number of Topliss-reactive ketones (excluding diaryl/α,β-unsaturated/α-hetero) is 1. The number of nitrogens with one attached hydrogen (secondary N) is 1. The fourth-order valence-electron chi connectivity index (χ4n) is 1.70. The molecule has 0 saturated carbocycles. The van der Waals surface area contributed by atoms with Crippen LogP contribution in [0, 0.1) is 18.3 Å². The minimum absolute atomic E-state index is 0.0803. The van der Waals surface area contributed by atoms with Crippen LogP contribution in [0.5, 0.6) is 0 Å². The van der Waals surface area contributed by atoms with E-state index in [1.54, 1.807) is 24.3 Å². The van der Waals surface area contributed by atoms with Crippen molar-refractivity contribution in [3.8, 4) is 6.07 Å². The third kappa shape index (κ3) is 3.33. The Morgan fingerprint density at radius 3 is 2.35 bits per heavy atom. The van der Waals surface area contributed by atoms with E-state index in [0.29, 0.717) is 5.56 Å². The lowest BCUT2D eigenvalue weighted by Crippen LogP contribution is -2.04. The van der Waals surface area contributed by atoms with Gasteiger partial charge in [0.2, 0.25) is 5.78 Å². The number of benzene rings is 2. The Morgan fingerprint density at radius 2 is 1.75 bits per heavy atom. The topological polar surface area (TPSA) is 52.9 Å². The summed E-state index contributed by atoms with van der Waals surface area (Å²) in [6, 6.07) is 18.4. The molecule has 2 rings (SSSR count). The van der Waals surface area contributed by atoms with Gasteiger partial charge in [0.15, 0.2) is 0 Å². The second kappa shape index (κ2) is 6.35. The maximum Gasteiger partial charge on any atom is 0.205 e. The zero-order valence-electron chi connectivity index (χ0n) is 11.1. The number of hydrogen-bond donors (Lipinski definition) is 1. The maximum absolute atomic E-state index is 12.1. The van der Waals surface area contributed by atoms with Gasteiger partial charge in [0.25, 0.3) is 0 Å². The number of carbonyl (C=O) groups is 1. The van der Waals surface area contributed by atoms with Gasteiger partial charge in [-0.15, -0.1) is 0 Å². The summed E-state index contributed by atoms with van der Waals surface area (Å²) >= 11 is 0. The molecule has 0 bridgehead atoms. The van der Waals surface area contributed by atoms with Crippen molar-refractivity contribution >= 4 is 11.5 Å². The molecule has 1 N–H and O–H groups in total. The molecule has 20 heavy (non-hydrogen) atoms. The minimum Gasteiger partial charge on any atom is -0.360 e. The molecule has 0 aliphatic heterocycles. The van der Waals surface area contributed by atoms with Crippen LogP contribution in [-0.2, 0) is 0 Å². The van der Waals surface area contributed by atoms with Gasteiger partial charge in [0.1, 0.15) is 11.6 Å². The average molecular weight is 262 g/mol. The third-order valence-corrected chi connectivity index (χ3v) is 2.84. The smallest absolute Gasteiger partial charge is 0.205 e. The first-order chi connectivity index (χ1) is 9.70. The molecule has 0 aliphatic carbocycles. The quantitative estimate of drug-likeness (QED) is 0.519. The normalized spacial score (nSPS) is 10.7. The SMILES string of the molecule is Cc1ccc(N/C=C(/C#N)C(=O)c2ccccc2)cc1. The molecule has 0 saturated heterocycles. The predicted octanol–water partition coefficient (Wildman–Crippen LogP) is 3.70. The average Bonchev–Trinajstić information content (AvgIpc) is 2.50. The summed E-state index contributed by atoms with van der Waals surface area (Å²) < 4.78 is 0. The fraction of sp³-hybridized carbons (Fsp3) is 0.0588. The van der Waals surface area contributed by atoms with E-state index in [0.717, 1.165) is 11.3 Å². The van der Waals surface area contributed by atoms with Gasteiger partial charge in [0.05, 0.1) is 0 Å². The second-order valence-electron chi connectivity index (χ2n) is 4.38. The summed E-state index contributed by atoms with van der Waals surface area (Å²) in [5.41, 5.74) is 2.58. The monoisotopic (exact) mass is 262 g/mol. The summed E-state index contributed by atoms with van der Waals surface area (Å²) in [6.45, 7) is 2.00. The molecule has 0 aromatic heterocycles. The molecule has 98 valence electrons. The Labute approximate surface area is 118 Å². The molecule has 3 nitrogen and oxygen atoms in total. The van der Waals surface area contributed by atoms with Crippen LogP contribution >= 0.6 is 0 Å². The molecular weight excluding hydrogens is 248 g/mol. The number of carbonyl (C=O) groups excluding carboxylic acids is 1. The fourth-order valence-corrected chi connectivity index (χ4v) is 1.70. The number of rotatable bonds is 4. The zero-order valence-corrected chi connectivity index (χ0v) is 11.1. The van der Waals surface area contributed by atoms with E-state index in [-0.39, 0.29) is 11.4 Å². The van der Waals surface area contributed by atoms with Gasteiger partial charge >= 0.3 is 0 Å². The molecule has 0 unspecified atom stereocenters. The first-order valence-corrected chi connectivity index (χ1v) is 6.24. The van der Waals surface area contributed by atoms with Crippen LogP contribution < -0.4 is 5.32 Å². The van der Waals surface area contributed by atoms with Crippen molar-refractivity contribution in [3.63, 3.8) is 0 Å². The van der Waals surface area contributed by atoms with E-state index in [1.807, 2.05) is 43.3 Å². The van der Waals surface area contributed by atoms with Gasteiger partial charge in [-0.05, 0) is 19.1 Å². The minimum atomic E-state index is -0.285. The lowest BCUT2D eigenvalue weighted by Gasteiger charge is -2.03. The Kier molecular flexibility index (Phi) is 4.31. The number of nitriles is 1. The van der Waals surface area contributed by atoms with Crippen molar-refractivity contribution in [2.24, 2.45) is 0 Å². The first-order valence-electron chi connectivity index (χ1n) is 6.24. The highest BCUT2D eigenvalue weighted by atomic mass is 16.1. The standard InChI is InChI=1S/C17H14N2O/c1-13-7-9-16(10-8-13)19-12-15(11-18)17(20)14-5-3-2-4-6-14/h2-10,12,19H,1H3/b15-12-. The van der Waals surface area contributed by atoms with Crippen LogP contribution in [0.3, 0.4) is 0 Å². The van der Waals surface area contributed by atoms with Crippen LogP contribution in [0.15, 0.2) is 66.4 Å². The van der Waals surface area contributed by atoms with Crippen molar-refractivity contribution in [1.82, 2.24) is 0 Å². The Bertz CT molecular complexity index is 664. The molecule has 0 heterocycles. The number of aryl methyl sites for hydroxylation is 1. The summed E-state index contributed by atoms with van der Waals surface area (Å²) in [5.74, 6) is -0.285. The van der Waals surface area contributed by atoms with Crippen LogP contribution in [0.1, 0.15) is 15.9 Å². The predicted molar refractivity (Wildman–Crippen MR) is 79.3 cm³/mol. The van der Waals surface area contributed by atoms with Crippen molar-refractivity contribution < 1.29 is 4.79 Å². The van der Waals surface area contributed by atoms with E-state index in [2.05, 4.69) is 5.32 Å². The highest BCUT2D eigenvalue weighted by Gasteiger charge is 2.10. The Morgan fingerprint density at radius 1 is 1.10 bits per heavy atom. The Balaban J connectivity index is 2.16. The molecule has 0 fully saturated rings. The van der Waals surface area contributed by atoms with Crippen LogP contribution in [-0.4, -0.2) is 5.78 Å². The van der Waals surface area contributed by atoms with Gasteiger partial charge < -0.3 is 5.32 Å². The van der Waals surface area contributed by atoms with Crippen LogP contribution in [0.4, 0.5) is 5.69 Å².